The van der Waals surface area contributed by atoms with Crippen molar-refractivity contribution in [2.45, 2.75) is 0 Å². The van der Waals surface area contributed by atoms with Crippen LogP contribution in [0, 0.1) is 0 Å². The quantitative estimate of drug-likeness (QED) is 0.482. The van der Waals surface area contributed by atoms with Crippen LogP contribution in [0.15, 0.2) is 0 Å². The molecule has 0 saturated heterocycles. The number of hydrogen-bond acceptors (Lipinski definition) is 0. The zero-order valence-electron chi connectivity index (χ0n) is 2.63. The first-order valence-corrected chi connectivity index (χ1v) is 0. The molecule has 0 heterocycles. The minimum Gasteiger partial charge on any atom is -2.00 e. The average molecular weight is 255 g/mol. The van der Waals surface area contributed by atoms with Crippen LogP contribution in [-0.2, 0) is 21.9 Å². The molecule has 0 radical (unpaired) electrons. The average Bonchev–Trinajstić information content (AvgIpc) is 0. The molecule has 0 amide bonds. The van der Waals surface area contributed by atoms with Gasteiger partial charge in [-0.1, -0.05) is 0 Å². The van der Waals surface area contributed by atoms with Gasteiger partial charge in [0.2, 0.25) is 0 Å². The Bertz CT molecular complexity index is 7.51. The van der Waals surface area contributed by atoms with Crippen LogP contribution in [0.5, 0.6) is 0 Å². The van der Waals surface area contributed by atoms with Gasteiger partial charge in [0.15, 0.2) is 0 Å². The summed E-state index contributed by atoms with van der Waals surface area (Å²) in [4.78, 5) is 0. The fourth-order valence-electron chi connectivity index (χ4n) is 0. The Kier molecular flexibility index (Phi) is 3890. The van der Waals surface area contributed by atoms with Gasteiger partial charge >= 0.3 is 41.5 Å². The van der Waals surface area contributed by atoms with Gasteiger partial charge in [0.25, 0.3) is 0 Å². The predicted octanol–water partition coefficient (Wildman–Crippen LogP) is -1.24. The van der Waals surface area contributed by atoms with Gasteiger partial charge in [-0.3, -0.25) is 0 Å². The summed E-state index contributed by atoms with van der Waals surface area (Å²) < 4.78 is 0. The van der Waals surface area contributed by atoms with Crippen LogP contribution in [0.4, 0.5) is 0 Å². The van der Waals surface area contributed by atoms with Gasteiger partial charge in [0.05, 0.1) is 0 Å². The Morgan fingerprint density at radius 3 is 0.500 bits per heavy atom. The molecule has 4 nitrogen and oxygen atoms in total. The molecule has 0 aromatic heterocycles. The fraction of sp³-hybridized carbons (Fsp3) is 0. The summed E-state index contributed by atoms with van der Waals surface area (Å²) in [6, 6.07) is 0. The van der Waals surface area contributed by atoms with Gasteiger partial charge in [-0.25, -0.2) is 0 Å². The summed E-state index contributed by atoms with van der Waals surface area (Å²) in [5.74, 6) is 0. The Labute approximate surface area is 63.5 Å². The second-order valence-corrected chi connectivity index (χ2v) is 0. The first kappa shape index (κ1) is 197. The third kappa shape index (κ3) is 64.9. The van der Waals surface area contributed by atoms with E-state index >= 15 is 0 Å². The SMILES string of the molecule is [Ge+4].[O-2].[O-2].[O-2].[O-2].[Sn+4]. The van der Waals surface area contributed by atoms with E-state index in [1.54, 1.807) is 0 Å². The molecule has 0 bridgehead atoms. The normalized spacial score (nSPS) is 0. The first-order valence-electron chi connectivity index (χ1n) is 0. The molecule has 0 aromatic carbocycles. The van der Waals surface area contributed by atoms with E-state index in [1.165, 1.54) is 0 Å². The van der Waals surface area contributed by atoms with Crippen LogP contribution >= 0.6 is 0 Å². The zero-order valence-corrected chi connectivity index (χ0v) is 7.59. The first-order chi connectivity index (χ1) is 0. The Morgan fingerprint density at radius 2 is 0.500 bits per heavy atom. The molecule has 0 aliphatic heterocycles. The van der Waals surface area contributed by atoms with Crippen molar-refractivity contribution in [3.05, 3.63) is 0 Å². The molecule has 6 heavy (non-hydrogen) atoms. The van der Waals surface area contributed by atoms with E-state index in [0.29, 0.717) is 0 Å². The van der Waals surface area contributed by atoms with Crippen molar-refractivity contribution in [3.63, 3.8) is 0 Å². The molecule has 0 aliphatic carbocycles. The molecule has 0 unspecified atom stereocenters. The second kappa shape index (κ2) is 119. The van der Waals surface area contributed by atoms with Crippen molar-refractivity contribution in [2.75, 3.05) is 0 Å². The largest absolute Gasteiger partial charge is 4.00 e. The van der Waals surface area contributed by atoms with Gasteiger partial charge in [-0.2, -0.15) is 0 Å². The van der Waals surface area contributed by atoms with Crippen molar-refractivity contribution in [2.24, 2.45) is 0 Å². The molecule has 0 aromatic rings. The maximum atomic E-state index is 0. The summed E-state index contributed by atoms with van der Waals surface area (Å²) in [6.07, 6.45) is 0. The van der Waals surface area contributed by atoms with Gasteiger partial charge < -0.3 is 21.9 Å². The van der Waals surface area contributed by atoms with Crippen LogP contribution < -0.4 is 0 Å². The van der Waals surface area contributed by atoms with Crippen LogP contribution in [0.3, 0.4) is 0 Å². The van der Waals surface area contributed by atoms with E-state index in [0.717, 1.165) is 0 Å². The maximum Gasteiger partial charge on any atom is 4.00 e. The second-order valence-electron chi connectivity index (χ2n) is 0. The van der Waals surface area contributed by atoms with E-state index in [1.807, 2.05) is 0 Å². The van der Waals surface area contributed by atoms with E-state index in [9.17, 15) is 0 Å². The van der Waals surface area contributed by atoms with E-state index in [2.05, 4.69) is 0 Å². The monoisotopic (exact) mass is 258 g/mol. The summed E-state index contributed by atoms with van der Waals surface area (Å²) in [5.41, 5.74) is 0. The van der Waals surface area contributed by atoms with Gasteiger partial charge in [-0.15, -0.1) is 0 Å². The predicted molar refractivity (Wildman–Crippen MR) is 14.3 cm³/mol. The third-order valence-electron chi connectivity index (χ3n) is 0. The smallest absolute Gasteiger partial charge is 2.00 e. The summed E-state index contributed by atoms with van der Waals surface area (Å²) in [5, 5.41) is 0. The van der Waals surface area contributed by atoms with Gasteiger partial charge in [-0.05, 0) is 0 Å². The van der Waals surface area contributed by atoms with Crippen molar-refractivity contribution in [3.8, 4) is 0 Å². The maximum absolute atomic E-state index is 0. The molecular formula is GeO4Sn. The summed E-state index contributed by atoms with van der Waals surface area (Å²) >= 11 is 0. The summed E-state index contributed by atoms with van der Waals surface area (Å²) in [6.45, 7) is 0. The van der Waals surface area contributed by atoms with Crippen LogP contribution in [-0.4, -0.2) is 41.5 Å². The van der Waals surface area contributed by atoms with Gasteiger partial charge in [0.1, 0.15) is 0 Å². The molecule has 0 fully saturated rings. The molecule has 0 saturated carbocycles. The molecule has 0 atom stereocenters. The molecule has 0 N–H and O–H groups in total. The molecule has 0 spiro atoms. The van der Waals surface area contributed by atoms with Crippen molar-refractivity contribution in [1.29, 1.82) is 0 Å². The molecular weight excluding hydrogens is 255 g/mol. The van der Waals surface area contributed by atoms with E-state index in [4.69, 9.17) is 0 Å². The molecule has 6 heteroatoms. The fourth-order valence-corrected chi connectivity index (χ4v) is 0. The van der Waals surface area contributed by atoms with E-state index in [-0.39, 0.29) is 63.4 Å². The Hall–Kier alpha value is 1.18. The Morgan fingerprint density at radius 1 is 0.500 bits per heavy atom. The topological polar surface area (TPSA) is 114 Å². The van der Waals surface area contributed by atoms with E-state index < -0.39 is 0 Å². The minimum absolute atomic E-state index is 0. The molecule has 0 rings (SSSR count). The molecule has 32 valence electrons. The van der Waals surface area contributed by atoms with Crippen molar-refractivity contribution < 1.29 is 21.9 Å². The van der Waals surface area contributed by atoms with Crippen molar-refractivity contribution in [1.82, 2.24) is 0 Å². The molecule has 0 aliphatic rings. The van der Waals surface area contributed by atoms with Gasteiger partial charge in [0, 0.05) is 0 Å². The zero-order chi connectivity index (χ0) is 0. The summed E-state index contributed by atoms with van der Waals surface area (Å²) in [7, 11) is 0. The Balaban J connectivity index is 0. The standard InChI is InChI=1S/Ge.4O.Sn/q+4;4*-2;+4. The van der Waals surface area contributed by atoms with Crippen LogP contribution in [0.25, 0.3) is 0 Å². The number of rotatable bonds is 0. The minimum atomic E-state index is 0. The number of hydrogen-bond donors (Lipinski definition) is 0. The van der Waals surface area contributed by atoms with Crippen LogP contribution in [0.1, 0.15) is 0 Å². The van der Waals surface area contributed by atoms with Crippen molar-refractivity contribution >= 4 is 41.5 Å². The van der Waals surface area contributed by atoms with Crippen LogP contribution in [0.2, 0.25) is 0 Å². The third-order valence-corrected chi connectivity index (χ3v) is 0.